The predicted molar refractivity (Wildman–Crippen MR) is 77.4 cm³/mol. The van der Waals surface area contributed by atoms with Crippen molar-refractivity contribution in [3.05, 3.63) is 65.2 Å². The molecule has 104 valence electrons. The van der Waals surface area contributed by atoms with E-state index in [1.807, 2.05) is 6.07 Å². The fourth-order valence-corrected chi connectivity index (χ4v) is 1.86. The van der Waals surface area contributed by atoms with Crippen LogP contribution in [0.15, 0.2) is 48.5 Å². The summed E-state index contributed by atoms with van der Waals surface area (Å²) in [5, 5.41) is 8.70. The van der Waals surface area contributed by atoms with E-state index >= 15 is 0 Å². The number of carbonyl (C=O) groups excluding carboxylic acids is 2. The third-order valence-electron chi connectivity index (χ3n) is 3.07. The first-order valence-corrected chi connectivity index (χ1v) is 6.34. The van der Waals surface area contributed by atoms with Gasteiger partial charge in [0, 0.05) is 11.1 Å². The van der Waals surface area contributed by atoms with Crippen molar-refractivity contribution in [2.75, 3.05) is 7.11 Å². The summed E-state index contributed by atoms with van der Waals surface area (Å²) in [5.41, 5.74) is 1.38. The lowest BCUT2D eigenvalue weighted by Crippen LogP contribution is -2.08. The molecule has 0 heterocycles. The molecule has 0 unspecified atom stereocenters. The smallest absolute Gasteiger partial charge is 0.170 e. The SMILES string of the molecule is COc1ccc(C(=O)CC(=O)c2ccc(C#N)cc2)cc1. The van der Waals surface area contributed by atoms with Gasteiger partial charge in [-0.25, -0.2) is 0 Å². The van der Waals surface area contributed by atoms with E-state index in [2.05, 4.69) is 0 Å². The molecule has 2 aromatic carbocycles. The van der Waals surface area contributed by atoms with Crippen LogP contribution in [0.5, 0.6) is 5.75 Å². The maximum Gasteiger partial charge on any atom is 0.170 e. The quantitative estimate of drug-likeness (QED) is 0.623. The van der Waals surface area contributed by atoms with Gasteiger partial charge in [-0.05, 0) is 36.4 Å². The minimum absolute atomic E-state index is 0.196. The number of rotatable bonds is 5. The highest BCUT2D eigenvalue weighted by molar-refractivity contribution is 6.13. The maximum atomic E-state index is 12.0. The van der Waals surface area contributed by atoms with Crippen molar-refractivity contribution in [3.63, 3.8) is 0 Å². The zero-order valence-corrected chi connectivity index (χ0v) is 11.5. The predicted octanol–water partition coefficient (Wildman–Crippen LogP) is 3.02. The van der Waals surface area contributed by atoms with Crippen LogP contribution in [0.25, 0.3) is 0 Å². The van der Waals surface area contributed by atoms with Crippen LogP contribution in [-0.4, -0.2) is 18.7 Å². The van der Waals surface area contributed by atoms with E-state index in [0.717, 1.165) is 0 Å². The number of benzene rings is 2. The summed E-state index contributed by atoms with van der Waals surface area (Å²) in [6, 6.07) is 14.8. The van der Waals surface area contributed by atoms with E-state index in [1.54, 1.807) is 55.6 Å². The molecule has 0 spiro atoms. The van der Waals surface area contributed by atoms with Crippen molar-refractivity contribution < 1.29 is 14.3 Å². The Labute approximate surface area is 122 Å². The van der Waals surface area contributed by atoms with Crippen LogP contribution in [0.4, 0.5) is 0 Å². The fourth-order valence-electron chi connectivity index (χ4n) is 1.86. The molecule has 4 nitrogen and oxygen atoms in total. The first-order chi connectivity index (χ1) is 10.1. The average Bonchev–Trinajstić information content (AvgIpc) is 2.55. The van der Waals surface area contributed by atoms with E-state index in [9.17, 15) is 9.59 Å². The van der Waals surface area contributed by atoms with E-state index in [0.29, 0.717) is 22.4 Å². The normalized spacial score (nSPS) is 9.71. The van der Waals surface area contributed by atoms with Crippen molar-refractivity contribution in [1.82, 2.24) is 0 Å². The zero-order chi connectivity index (χ0) is 15.2. The average molecular weight is 279 g/mol. The highest BCUT2D eigenvalue weighted by Gasteiger charge is 2.13. The summed E-state index contributed by atoms with van der Waals surface area (Å²) >= 11 is 0. The molecule has 0 aliphatic heterocycles. The molecule has 0 saturated carbocycles. The van der Waals surface area contributed by atoms with Crippen LogP contribution in [0, 0.1) is 11.3 Å². The van der Waals surface area contributed by atoms with Gasteiger partial charge in [0.1, 0.15) is 5.75 Å². The molecule has 0 amide bonds. The van der Waals surface area contributed by atoms with Gasteiger partial charge >= 0.3 is 0 Å². The van der Waals surface area contributed by atoms with Crippen LogP contribution in [0.3, 0.4) is 0 Å². The van der Waals surface area contributed by atoms with Gasteiger partial charge in [0.25, 0.3) is 0 Å². The lowest BCUT2D eigenvalue weighted by molar-refractivity contribution is 0.0894. The topological polar surface area (TPSA) is 67.2 Å². The first-order valence-electron chi connectivity index (χ1n) is 6.34. The lowest BCUT2D eigenvalue weighted by Gasteiger charge is -2.03. The largest absolute Gasteiger partial charge is 0.497 e. The Hall–Kier alpha value is -2.93. The van der Waals surface area contributed by atoms with Crippen molar-refractivity contribution in [3.8, 4) is 11.8 Å². The van der Waals surface area contributed by atoms with Crippen LogP contribution >= 0.6 is 0 Å². The number of methoxy groups -OCH3 is 1. The van der Waals surface area contributed by atoms with Gasteiger partial charge in [-0.3, -0.25) is 9.59 Å². The molecule has 0 N–H and O–H groups in total. The van der Waals surface area contributed by atoms with Gasteiger partial charge in [0.15, 0.2) is 11.6 Å². The number of ketones is 2. The summed E-state index contributed by atoms with van der Waals surface area (Å²) in [4.78, 5) is 24.1. The highest BCUT2D eigenvalue weighted by atomic mass is 16.5. The van der Waals surface area contributed by atoms with Crippen molar-refractivity contribution in [1.29, 1.82) is 5.26 Å². The monoisotopic (exact) mass is 279 g/mol. The molecular formula is C17H13NO3. The molecule has 0 atom stereocenters. The molecular weight excluding hydrogens is 266 g/mol. The van der Waals surface area contributed by atoms with Gasteiger partial charge in [0.05, 0.1) is 25.2 Å². The second-order valence-corrected chi connectivity index (χ2v) is 4.44. The summed E-state index contributed by atoms with van der Waals surface area (Å²) in [5.74, 6) is 0.150. The standard InChI is InChI=1S/C17H13NO3/c1-21-15-8-6-14(7-9-15)17(20)10-16(19)13-4-2-12(11-18)3-5-13/h2-9H,10H2,1H3. The number of nitriles is 1. The van der Waals surface area contributed by atoms with Crippen LogP contribution < -0.4 is 4.74 Å². The molecule has 0 aromatic heterocycles. The molecule has 21 heavy (non-hydrogen) atoms. The maximum absolute atomic E-state index is 12.0. The minimum Gasteiger partial charge on any atom is -0.497 e. The number of nitrogens with zero attached hydrogens (tertiary/aromatic N) is 1. The Morgan fingerprint density at radius 1 is 0.952 bits per heavy atom. The van der Waals surface area contributed by atoms with Crippen molar-refractivity contribution in [2.45, 2.75) is 6.42 Å². The Balaban J connectivity index is 2.07. The summed E-state index contributed by atoms with van der Waals surface area (Å²) in [6.07, 6.45) is -0.196. The number of hydrogen-bond acceptors (Lipinski definition) is 4. The number of hydrogen-bond donors (Lipinski definition) is 0. The molecule has 2 aromatic rings. The van der Waals surface area contributed by atoms with Crippen LogP contribution in [0.2, 0.25) is 0 Å². The molecule has 0 aliphatic carbocycles. The van der Waals surface area contributed by atoms with Crippen LogP contribution in [0.1, 0.15) is 32.7 Å². The molecule has 0 aliphatic rings. The van der Waals surface area contributed by atoms with Crippen molar-refractivity contribution >= 4 is 11.6 Å². The third-order valence-corrected chi connectivity index (χ3v) is 3.07. The van der Waals surface area contributed by atoms with E-state index in [-0.39, 0.29) is 18.0 Å². The number of ether oxygens (including phenoxy) is 1. The summed E-state index contributed by atoms with van der Waals surface area (Å²) in [6.45, 7) is 0. The Kier molecular flexibility index (Phi) is 4.47. The number of Topliss-reactive ketones (excluding diaryl/α,β-unsaturated/α-hetero) is 2. The molecule has 0 radical (unpaired) electrons. The Bertz CT molecular complexity index is 694. The molecule has 0 bridgehead atoms. The second-order valence-electron chi connectivity index (χ2n) is 4.44. The molecule has 0 fully saturated rings. The van der Waals surface area contributed by atoms with Gasteiger partial charge in [-0.2, -0.15) is 5.26 Å². The second kappa shape index (κ2) is 6.49. The Morgan fingerprint density at radius 2 is 1.43 bits per heavy atom. The molecule has 0 saturated heterocycles. The Morgan fingerprint density at radius 3 is 1.86 bits per heavy atom. The summed E-state index contributed by atoms with van der Waals surface area (Å²) < 4.78 is 5.02. The van der Waals surface area contributed by atoms with E-state index in [4.69, 9.17) is 10.00 Å². The van der Waals surface area contributed by atoms with Gasteiger partial charge in [-0.1, -0.05) is 12.1 Å². The minimum atomic E-state index is -0.264. The highest BCUT2D eigenvalue weighted by Crippen LogP contribution is 2.14. The first kappa shape index (κ1) is 14.5. The number of carbonyl (C=O) groups is 2. The molecule has 2 rings (SSSR count). The van der Waals surface area contributed by atoms with Crippen LogP contribution in [-0.2, 0) is 0 Å². The zero-order valence-electron chi connectivity index (χ0n) is 11.5. The van der Waals surface area contributed by atoms with E-state index < -0.39 is 0 Å². The fraction of sp³-hybridized carbons (Fsp3) is 0.118. The van der Waals surface area contributed by atoms with Gasteiger partial charge in [0.2, 0.25) is 0 Å². The van der Waals surface area contributed by atoms with Gasteiger partial charge < -0.3 is 4.74 Å². The van der Waals surface area contributed by atoms with Gasteiger partial charge in [-0.15, -0.1) is 0 Å². The third kappa shape index (κ3) is 3.54. The lowest BCUT2D eigenvalue weighted by atomic mass is 10.0. The van der Waals surface area contributed by atoms with E-state index in [1.165, 1.54) is 0 Å². The van der Waals surface area contributed by atoms with Crippen molar-refractivity contribution in [2.24, 2.45) is 0 Å². The summed E-state index contributed by atoms with van der Waals surface area (Å²) in [7, 11) is 1.55. The molecule has 4 heteroatoms.